The fourth-order valence-corrected chi connectivity index (χ4v) is 3.06. The number of carboxylic acids is 1. The third-order valence-electron chi connectivity index (χ3n) is 4.48. The molecule has 1 fully saturated rings. The maximum absolute atomic E-state index is 11.7. The summed E-state index contributed by atoms with van der Waals surface area (Å²) < 4.78 is 0. The molecule has 0 aromatic rings. The number of ketones is 1. The van der Waals surface area contributed by atoms with Crippen LogP contribution in [0.3, 0.4) is 0 Å². The Balaban J connectivity index is 2.38. The van der Waals surface area contributed by atoms with E-state index in [4.69, 9.17) is 5.11 Å². The van der Waals surface area contributed by atoms with Crippen molar-refractivity contribution in [2.45, 2.75) is 70.8 Å². The second-order valence-electron chi connectivity index (χ2n) is 6.39. The van der Waals surface area contributed by atoms with Gasteiger partial charge in [-0.05, 0) is 56.4 Å². The molecular weight excluding hydrogens is 292 g/mol. The molecule has 1 aliphatic carbocycles. The van der Waals surface area contributed by atoms with Gasteiger partial charge in [-0.25, -0.2) is 0 Å². The Labute approximate surface area is 139 Å². The van der Waals surface area contributed by atoms with Crippen LogP contribution in [-0.2, 0) is 9.59 Å². The number of carbonyl (C=O) groups is 2. The highest BCUT2D eigenvalue weighted by Gasteiger charge is 2.32. The number of carbonyl (C=O) groups excluding carboxylic acids is 1. The summed E-state index contributed by atoms with van der Waals surface area (Å²) in [5.74, 6) is -0.154. The molecule has 0 amide bonds. The molecule has 3 atom stereocenters. The van der Waals surface area contributed by atoms with Crippen molar-refractivity contribution in [2.24, 2.45) is 11.8 Å². The van der Waals surface area contributed by atoms with Gasteiger partial charge in [0, 0.05) is 12.8 Å². The van der Waals surface area contributed by atoms with Crippen LogP contribution in [0.1, 0.15) is 64.7 Å². The van der Waals surface area contributed by atoms with E-state index in [-0.39, 0.29) is 30.1 Å². The van der Waals surface area contributed by atoms with Gasteiger partial charge in [-0.3, -0.25) is 9.59 Å². The number of unbranched alkanes of at least 4 members (excludes halogenated alkanes) is 2. The quantitative estimate of drug-likeness (QED) is 0.344. The van der Waals surface area contributed by atoms with Gasteiger partial charge in [0.2, 0.25) is 0 Å². The first-order valence-electron chi connectivity index (χ1n) is 8.80. The highest BCUT2D eigenvalue weighted by molar-refractivity contribution is 5.89. The number of allylic oxidation sites excluding steroid dienone is 4. The third-order valence-corrected chi connectivity index (χ3v) is 4.48. The summed E-state index contributed by atoms with van der Waals surface area (Å²) in [6, 6.07) is 0. The SMILES string of the molecule is CCCCC(=O)/C=C/C1CCC(O)C1C/C=C/CCCC(=O)O. The zero-order valence-electron chi connectivity index (χ0n) is 14.1. The molecule has 1 aliphatic rings. The van der Waals surface area contributed by atoms with E-state index in [1.54, 1.807) is 6.08 Å². The Kier molecular flexibility index (Phi) is 9.53. The Bertz CT molecular complexity index is 425. The first kappa shape index (κ1) is 19.6. The van der Waals surface area contributed by atoms with Crippen LogP contribution < -0.4 is 0 Å². The van der Waals surface area contributed by atoms with E-state index in [0.717, 1.165) is 38.5 Å². The molecule has 3 unspecified atom stereocenters. The van der Waals surface area contributed by atoms with Crippen molar-refractivity contribution >= 4 is 11.8 Å². The summed E-state index contributed by atoms with van der Waals surface area (Å²) >= 11 is 0. The Hall–Kier alpha value is -1.42. The average Bonchev–Trinajstić information content (AvgIpc) is 2.86. The molecule has 1 rings (SSSR count). The number of rotatable bonds is 11. The maximum atomic E-state index is 11.7. The summed E-state index contributed by atoms with van der Waals surface area (Å²) in [5, 5.41) is 18.7. The van der Waals surface area contributed by atoms with Crippen molar-refractivity contribution in [3.8, 4) is 0 Å². The Morgan fingerprint density at radius 3 is 2.61 bits per heavy atom. The minimum atomic E-state index is -0.762. The largest absolute Gasteiger partial charge is 0.481 e. The number of carboxylic acid groups (broad SMARTS) is 1. The summed E-state index contributed by atoms with van der Waals surface area (Å²) in [6.45, 7) is 2.07. The molecule has 0 aromatic heterocycles. The van der Waals surface area contributed by atoms with Crippen LogP contribution in [0.2, 0.25) is 0 Å². The van der Waals surface area contributed by atoms with E-state index in [1.807, 2.05) is 18.2 Å². The Morgan fingerprint density at radius 2 is 1.91 bits per heavy atom. The normalized spacial score (nSPS) is 24.7. The standard InChI is InChI=1S/C19H30O4/c1-2-3-8-16(20)13-11-15-12-14-18(21)17(15)9-6-4-5-7-10-19(22)23/h4,6,11,13,15,17-18,21H,2-3,5,7-10,12,14H2,1H3,(H,22,23)/b6-4+,13-11+. The van der Waals surface area contributed by atoms with Crippen LogP contribution in [0.15, 0.2) is 24.3 Å². The summed E-state index contributed by atoms with van der Waals surface area (Å²) in [6.07, 6.45) is 14.1. The van der Waals surface area contributed by atoms with Gasteiger partial charge in [0.05, 0.1) is 6.10 Å². The lowest BCUT2D eigenvalue weighted by Gasteiger charge is -2.17. The summed E-state index contributed by atoms with van der Waals surface area (Å²) in [5.41, 5.74) is 0. The molecule has 2 N–H and O–H groups in total. The van der Waals surface area contributed by atoms with Gasteiger partial charge in [-0.2, -0.15) is 0 Å². The number of aliphatic carboxylic acids is 1. The van der Waals surface area contributed by atoms with Crippen LogP contribution in [-0.4, -0.2) is 28.1 Å². The van der Waals surface area contributed by atoms with Gasteiger partial charge in [0.25, 0.3) is 0 Å². The topological polar surface area (TPSA) is 74.6 Å². The highest BCUT2D eigenvalue weighted by atomic mass is 16.4. The number of hydrogen-bond donors (Lipinski definition) is 2. The summed E-state index contributed by atoms with van der Waals surface area (Å²) in [4.78, 5) is 22.2. The van der Waals surface area contributed by atoms with Gasteiger partial charge >= 0.3 is 5.97 Å². The van der Waals surface area contributed by atoms with Gasteiger partial charge in [0.15, 0.2) is 5.78 Å². The zero-order chi connectivity index (χ0) is 17.1. The van der Waals surface area contributed by atoms with Crippen LogP contribution >= 0.6 is 0 Å². The summed E-state index contributed by atoms with van der Waals surface area (Å²) in [7, 11) is 0. The minimum absolute atomic E-state index is 0.168. The number of aliphatic hydroxyl groups is 1. The molecule has 0 bridgehead atoms. The average molecular weight is 322 g/mol. The lowest BCUT2D eigenvalue weighted by Crippen LogP contribution is -2.17. The van der Waals surface area contributed by atoms with Crippen molar-refractivity contribution < 1.29 is 19.8 Å². The predicted molar refractivity (Wildman–Crippen MR) is 91.1 cm³/mol. The highest BCUT2D eigenvalue weighted by Crippen LogP contribution is 2.35. The zero-order valence-corrected chi connectivity index (χ0v) is 14.1. The van der Waals surface area contributed by atoms with E-state index in [0.29, 0.717) is 12.8 Å². The number of aliphatic hydroxyl groups excluding tert-OH is 1. The first-order valence-corrected chi connectivity index (χ1v) is 8.80. The van der Waals surface area contributed by atoms with Crippen molar-refractivity contribution in [2.75, 3.05) is 0 Å². The van der Waals surface area contributed by atoms with E-state index in [9.17, 15) is 14.7 Å². The lowest BCUT2D eigenvalue weighted by molar-refractivity contribution is -0.137. The van der Waals surface area contributed by atoms with Crippen LogP contribution in [0, 0.1) is 11.8 Å². The molecule has 0 aromatic carbocycles. The van der Waals surface area contributed by atoms with Crippen molar-refractivity contribution in [3.05, 3.63) is 24.3 Å². The van der Waals surface area contributed by atoms with E-state index >= 15 is 0 Å². The van der Waals surface area contributed by atoms with Gasteiger partial charge in [-0.15, -0.1) is 0 Å². The molecule has 0 heterocycles. The van der Waals surface area contributed by atoms with Crippen molar-refractivity contribution in [3.63, 3.8) is 0 Å². The van der Waals surface area contributed by atoms with E-state index in [1.165, 1.54) is 0 Å². The van der Waals surface area contributed by atoms with Crippen LogP contribution in [0.25, 0.3) is 0 Å². The fraction of sp³-hybridized carbons (Fsp3) is 0.684. The fourth-order valence-electron chi connectivity index (χ4n) is 3.06. The van der Waals surface area contributed by atoms with Gasteiger partial charge < -0.3 is 10.2 Å². The van der Waals surface area contributed by atoms with Crippen LogP contribution in [0.5, 0.6) is 0 Å². The lowest BCUT2D eigenvalue weighted by atomic mass is 9.90. The number of hydrogen-bond acceptors (Lipinski definition) is 3. The molecule has 0 radical (unpaired) electrons. The molecule has 23 heavy (non-hydrogen) atoms. The third kappa shape index (κ3) is 8.12. The van der Waals surface area contributed by atoms with Crippen molar-refractivity contribution in [1.82, 2.24) is 0 Å². The van der Waals surface area contributed by atoms with E-state index < -0.39 is 5.97 Å². The molecule has 4 heteroatoms. The first-order chi connectivity index (χ1) is 11.0. The predicted octanol–water partition coefficient (Wildman–Crippen LogP) is 3.89. The molecule has 1 saturated carbocycles. The second kappa shape index (κ2) is 11.2. The molecule has 4 nitrogen and oxygen atoms in total. The second-order valence-corrected chi connectivity index (χ2v) is 6.39. The molecule has 0 saturated heterocycles. The van der Waals surface area contributed by atoms with E-state index in [2.05, 4.69) is 6.92 Å². The monoisotopic (exact) mass is 322 g/mol. The molecular formula is C19H30O4. The molecule has 0 aliphatic heterocycles. The van der Waals surface area contributed by atoms with Gasteiger partial charge in [0.1, 0.15) is 0 Å². The molecule has 130 valence electrons. The maximum Gasteiger partial charge on any atom is 0.303 e. The van der Waals surface area contributed by atoms with Crippen LogP contribution in [0.4, 0.5) is 0 Å². The Morgan fingerprint density at radius 1 is 1.13 bits per heavy atom. The minimum Gasteiger partial charge on any atom is -0.481 e. The van der Waals surface area contributed by atoms with Crippen molar-refractivity contribution in [1.29, 1.82) is 0 Å². The van der Waals surface area contributed by atoms with Gasteiger partial charge in [-0.1, -0.05) is 31.6 Å². The molecule has 0 spiro atoms. The smallest absolute Gasteiger partial charge is 0.303 e.